The van der Waals surface area contributed by atoms with Crippen molar-refractivity contribution in [2.45, 2.75) is 244 Å². The molecule has 30 heteroatoms. The minimum Gasteiger partial charge on any atom is -0.394 e. The van der Waals surface area contributed by atoms with Gasteiger partial charge >= 0.3 is 0 Å². The molecule has 23 fully saturated rings. The third-order valence-corrected chi connectivity index (χ3v) is 17.3. The molecule has 0 spiro atoms. The molecular weight excluding hydrogens is 1150 g/mol. The first-order valence-electron chi connectivity index (χ1n) is 29.0. The van der Waals surface area contributed by atoms with Gasteiger partial charge in [0.2, 0.25) is 0 Å². The molecule has 30 nitrogen and oxygen atoms in total. The topological polar surface area (TPSA) is 453 Å². The van der Waals surface area contributed by atoms with Crippen LogP contribution in [-0.4, -0.2) is 312 Å². The normalized spacial score (nSPS) is 49.4. The summed E-state index contributed by atoms with van der Waals surface area (Å²) in [6.07, 6.45) is -44.6. The average molecular weight is 1240 g/mol. The Morgan fingerprint density at radius 2 is 0.756 bits per heavy atom. The van der Waals surface area contributed by atoms with Gasteiger partial charge in [-0.2, -0.15) is 0 Å². The molecule has 0 radical (unpaired) electrons. The first kappa shape index (κ1) is 67.9. The van der Waals surface area contributed by atoms with Crippen LogP contribution in [0.25, 0.3) is 0 Å². The number of aliphatic hydroxyl groups excluding tert-OH is 16. The molecule has 23 saturated heterocycles. The molecule has 31 atom stereocenters. The third kappa shape index (κ3) is 14.4. The number of hydrogen-bond acceptors (Lipinski definition) is 30. The summed E-state index contributed by atoms with van der Waals surface area (Å²) in [6.45, 7) is 5.23. The van der Waals surface area contributed by atoms with E-state index in [2.05, 4.69) is 26.8 Å². The Kier molecular flexibility index (Phi) is 22.9. The molecule has 16 N–H and O–H groups in total. The van der Waals surface area contributed by atoms with Gasteiger partial charge in [-0.25, -0.2) is 0 Å². The van der Waals surface area contributed by atoms with Crippen LogP contribution in [0.4, 0.5) is 0 Å². The van der Waals surface area contributed by atoms with Gasteiger partial charge in [0.05, 0.1) is 39.6 Å². The van der Waals surface area contributed by atoms with Gasteiger partial charge in [-0.3, -0.25) is 0 Å². The van der Waals surface area contributed by atoms with Crippen molar-refractivity contribution >= 4 is 0 Å². The van der Waals surface area contributed by atoms with Crippen molar-refractivity contribution in [1.82, 2.24) is 0 Å². The van der Waals surface area contributed by atoms with E-state index in [-0.39, 0.29) is 5.41 Å². The van der Waals surface area contributed by atoms with Gasteiger partial charge < -0.3 is 148 Å². The quantitative estimate of drug-likeness (QED) is 0.0955. The lowest BCUT2D eigenvalue weighted by molar-refractivity contribution is -0.403. The van der Waals surface area contributed by atoms with Crippen molar-refractivity contribution in [2.75, 3.05) is 39.6 Å². The number of allylic oxidation sites excluding steroid dienone is 9. The van der Waals surface area contributed by atoms with Crippen LogP contribution in [0.1, 0.15) is 53.9 Å². The number of ether oxygens (including phenoxy) is 14. The van der Waals surface area contributed by atoms with Crippen LogP contribution < -0.4 is 0 Å². The molecule has 24 aliphatic rings. The Bertz CT molecular complexity index is 2360. The molecule has 14 bridgehead atoms. The number of aliphatic hydroxyl groups is 16. The number of rotatable bonds is 9. The average Bonchev–Trinajstić information content (AvgIpc) is 1.38. The zero-order chi connectivity index (χ0) is 62.2. The van der Waals surface area contributed by atoms with Gasteiger partial charge in [0.25, 0.3) is 0 Å². The zero-order valence-corrected chi connectivity index (χ0v) is 48.1. The fraction of sp³-hybridized carbons (Fsp3) is 0.821. The van der Waals surface area contributed by atoms with Crippen LogP contribution in [0.5, 0.6) is 0 Å². The van der Waals surface area contributed by atoms with Crippen molar-refractivity contribution in [3.63, 3.8) is 0 Å². The van der Waals surface area contributed by atoms with Crippen LogP contribution in [0.15, 0.2) is 58.7 Å². The van der Waals surface area contributed by atoms with Crippen molar-refractivity contribution in [3.05, 3.63) is 58.7 Å². The van der Waals surface area contributed by atoms with Crippen LogP contribution in [-0.2, 0) is 66.3 Å². The minimum atomic E-state index is -2.15. The van der Waals surface area contributed by atoms with Gasteiger partial charge in [0, 0.05) is 0 Å². The summed E-state index contributed by atoms with van der Waals surface area (Å²) in [6, 6.07) is 0. The maximum Gasteiger partial charge on any atom is 0.187 e. The smallest absolute Gasteiger partial charge is 0.187 e. The van der Waals surface area contributed by atoms with Crippen molar-refractivity contribution in [3.8, 4) is 0 Å². The third-order valence-electron chi connectivity index (χ3n) is 17.3. The van der Waals surface area contributed by atoms with E-state index in [0.717, 1.165) is 24.8 Å². The van der Waals surface area contributed by atoms with Crippen LogP contribution in [0, 0.1) is 5.41 Å². The van der Waals surface area contributed by atoms with E-state index >= 15 is 0 Å². The van der Waals surface area contributed by atoms with Crippen LogP contribution >= 0.6 is 0 Å². The van der Waals surface area contributed by atoms with Crippen LogP contribution in [0.2, 0.25) is 0 Å². The van der Waals surface area contributed by atoms with Crippen LogP contribution in [0.3, 0.4) is 0 Å². The Morgan fingerprint density at radius 3 is 1.09 bits per heavy atom. The molecule has 24 rings (SSSR count). The fourth-order valence-electron chi connectivity index (χ4n) is 12.3. The van der Waals surface area contributed by atoms with E-state index in [1.165, 1.54) is 11.1 Å². The lowest BCUT2D eigenvalue weighted by Crippen LogP contribution is -2.69. The Labute approximate surface area is 495 Å². The highest BCUT2D eigenvalue weighted by Crippen LogP contribution is 2.42. The molecular formula is C56H86O30. The molecule has 1 aliphatic carbocycles. The second-order valence-electron chi connectivity index (χ2n) is 24.0. The van der Waals surface area contributed by atoms with E-state index in [4.69, 9.17) is 66.3 Å². The Balaban J connectivity index is 1.05. The first-order chi connectivity index (χ1) is 40.9. The zero-order valence-electron chi connectivity index (χ0n) is 48.1. The highest BCUT2D eigenvalue weighted by Gasteiger charge is 2.59. The van der Waals surface area contributed by atoms with Crippen molar-refractivity contribution < 1.29 is 148 Å². The lowest BCUT2D eigenvalue weighted by Gasteiger charge is -2.50. The summed E-state index contributed by atoms with van der Waals surface area (Å²) in [5.74, 6) is 0. The summed E-state index contributed by atoms with van der Waals surface area (Å²) < 4.78 is 83.8. The maximum atomic E-state index is 11.9. The van der Waals surface area contributed by atoms with Gasteiger partial charge in [-0.1, -0.05) is 60.9 Å². The molecule has 0 aromatic heterocycles. The van der Waals surface area contributed by atoms with E-state index in [0.29, 0.717) is 5.57 Å². The predicted octanol–water partition coefficient (Wildman–Crippen LogP) is -6.13. The monoisotopic (exact) mass is 1240 g/mol. The van der Waals surface area contributed by atoms with E-state index in [1.54, 1.807) is 19.1 Å². The van der Waals surface area contributed by atoms with E-state index in [9.17, 15) is 81.7 Å². The van der Waals surface area contributed by atoms with Gasteiger partial charge in [0.1, 0.15) is 146 Å². The standard InChI is InChI=1S/C56H86O30/c1-21(11-12-24-23(3)10-7-13-56(24,4)5)8-6-9-22(2)14-31-73-19-29-48-37(66)43(72)55(80-29)86-49-30(20-74-31)79-54(42(71)36(49)65)84-47-28(18-60)77-52(40(69)34(47)63)82-45-26(16-58)75-50(38(67)32(45)61)81-44-25(15-57)76-51(39(68)33(44)62)83-46-27(17-59)78-53(85-48)41(70)35(46)64/h6,8-9,11-12,14,25-55,57-72H,7,10,13,15-20H2,1-5H3/b9-6+,12-11+,21-8+,22-14+/t25?,26?,27?,28?,29?,30?,31-,32?,33?,34?,35?,36?,37?,38?,39?,40?,41?,42?,43?,44?,45?,46?,47?,48?,49?,50?,51?,52?,53?,54?,55?/m0/s1. The summed E-state index contributed by atoms with van der Waals surface area (Å²) >= 11 is 0. The van der Waals surface area contributed by atoms with E-state index < -0.39 is 230 Å². The maximum absolute atomic E-state index is 11.9. The number of hydrogen-bond donors (Lipinski definition) is 16. The molecule has 23 heterocycles. The highest BCUT2D eigenvalue weighted by atomic mass is 16.8. The minimum absolute atomic E-state index is 0.0370. The van der Waals surface area contributed by atoms with Crippen molar-refractivity contribution in [2.24, 2.45) is 5.41 Å². The first-order valence-corrected chi connectivity index (χ1v) is 29.0. The molecule has 0 amide bonds. The van der Waals surface area contributed by atoms with Crippen molar-refractivity contribution in [1.29, 1.82) is 0 Å². The Hall–Kier alpha value is -2.50. The summed E-state index contributed by atoms with van der Waals surface area (Å²) in [7, 11) is 0. The molecule has 23 aliphatic heterocycles. The van der Waals surface area contributed by atoms with Gasteiger partial charge in [-0.15, -0.1) is 0 Å². The van der Waals surface area contributed by atoms with E-state index in [1.807, 2.05) is 25.2 Å². The van der Waals surface area contributed by atoms with Gasteiger partial charge in [0.15, 0.2) is 44.0 Å². The Morgan fingerprint density at radius 1 is 0.430 bits per heavy atom. The highest BCUT2D eigenvalue weighted by molar-refractivity contribution is 5.37. The second-order valence-corrected chi connectivity index (χ2v) is 24.0. The fourth-order valence-corrected chi connectivity index (χ4v) is 12.3. The molecule has 0 aromatic carbocycles. The molecule has 0 saturated carbocycles. The summed E-state index contributed by atoms with van der Waals surface area (Å²) in [5.41, 5.74) is 4.21. The molecule has 490 valence electrons. The molecule has 0 aromatic rings. The second kappa shape index (κ2) is 29.0. The molecule has 86 heavy (non-hydrogen) atoms. The largest absolute Gasteiger partial charge is 0.394 e. The summed E-state index contributed by atoms with van der Waals surface area (Å²) in [5, 5.41) is 181. The van der Waals surface area contributed by atoms with Gasteiger partial charge in [-0.05, 0) is 57.1 Å². The summed E-state index contributed by atoms with van der Waals surface area (Å²) in [4.78, 5) is 0. The SMILES string of the molecule is CC1=C(/C=C/C(C)=C/C=C/C(C)=C/[C@H]2OCC3OC4OC5C(CO2)OC(OC2C(CO)OC(OC6C(CO)OC(OC7C(CO)OC(OC8C(CO)OC(OC3C(O)C4O)C(O)C8O)C(O)C7O)C(O)C6O)C(O)C2O)C(O)C5O)C(C)(C)CCC1. The predicted molar refractivity (Wildman–Crippen MR) is 283 cm³/mol. The molecule has 30 unspecified atom stereocenters. The lowest BCUT2D eigenvalue weighted by atomic mass is 9.72.